The van der Waals surface area contributed by atoms with Crippen LogP contribution >= 0.6 is 11.6 Å². The Kier molecular flexibility index (Phi) is 3.93. The van der Waals surface area contributed by atoms with Crippen molar-refractivity contribution < 1.29 is 0 Å². The van der Waals surface area contributed by atoms with E-state index >= 15 is 0 Å². The molecule has 4 heteroatoms. The van der Waals surface area contributed by atoms with Crippen molar-refractivity contribution in [1.29, 1.82) is 5.26 Å². The standard InChI is InChI=1S/C16H18ClN3/c17-9-15-19-16-13(10-18)7-4-8-14(16)20(15)11-12-5-2-1-3-6-12/h4,7-8,12H,1-3,5-6,9,11H2. The molecule has 0 atom stereocenters. The number of benzene rings is 1. The minimum absolute atomic E-state index is 0.395. The van der Waals surface area contributed by atoms with Crippen molar-refractivity contribution in [1.82, 2.24) is 9.55 Å². The fourth-order valence-corrected chi connectivity index (χ4v) is 3.42. The second-order valence-electron chi connectivity index (χ2n) is 5.56. The van der Waals surface area contributed by atoms with Crippen LogP contribution in [0.3, 0.4) is 0 Å². The molecule has 1 aromatic carbocycles. The monoisotopic (exact) mass is 287 g/mol. The molecule has 0 saturated heterocycles. The van der Waals surface area contributed by atoms with Gasteiger partial charge in [-0.1, -0.05) is 25.3 Å². The van der Waals surface area contributed by atoms with Crippen LogP contribution in [0.5, 0.6) is 0 Å². The van der Waals surface area contributed by atoms with Gasteiger partial charge < -0.3 is 4.57 Å². The number of aromatic nitrogens is 2. The molecular formula is C16H18ClN3. The SMILES string of the molecule is N#Cc1cccc2c1nc(CCl)n2CC1CCCCC1. The summed E-state index contributed by atoms with van der Waals surface area (Å²) in [4.78, 5) is 4.58. The van der Waals surface area contributed by atoms with Crippen molar-refractivity contribution in [2.75, 3.05) is 0 Å². The summed E-state index contributed by atoms with van der Waals surface area (Å²) >= 11 is 6.05. The molecular weight excluding hydrogens is 270 g/mol. The molecule has 1 fully saturated rings. The number of para-hydroxylation sites is 1. The fraction of sp³-hybridized carbons (Fsp3) is 0.500. The van der Waals surface area contributed by atoms with Crippen molar-refractivity contribution in [2.45, 2.75) is 44.5 Å². The van der Waals surface area contributed by atoms with Crippen LogP contribution in [0.1, 0.15) is 43.5 Å². The Morgan fingerprint density at radius 3 is 2.80 bits per heavy atom. The Hall–Kier alpha value is -1.53. The maximum absolute atomic E-state index is 9.20. The van der Waals surface area contributed by atoms with Crippen LogP contribution in [0.15, 0.2) is 18.2 Å². The molecule has 0 bridgehead atoms. The van der Waals surface area contributed by atoms with Crippen molar-refractivity contribution in [2.24, 2.45) is 5.92 Å². The predicted octanol–water partition coefficient (Wildman–Crippen LogP) is 4.23. The number of halogens is 1. The number of nitriles is 1. The normalized spacial score (nSPS) is 16.4. The first-order valence-corrected chi connectivity index (χ1v) is 7.81. The Labute approximate surface area is 124 Å². The third-order valence-corrected chi connectivity index (χ3v) is 4.50. The maximum Gasteiger partial charge on any atom is 0.124 e. The molecule has 1 aromatic heterocycles. The third kappa shape index (κ3) is 2.41. The molecule has 3 rings (SSSR count). The molecule has 1 heterocycles. The van der Waals surface area contributed by atoms with E-state index in [4.69, 9.17) is 11.6 Å². The first-order chi connectivity index (χ1) is 9.83. The fourth-order valence-electron chi connectivity index (χ4n) is 3.22. The summed E-state index contributed by atoms with van der Waals surface area (Å²) in [5.41, 5.74) is 2.47. The average Bonchev–Trinajstić information content (AvgIpc) is 2.86. The summed E-state index contributed by atoms with van der Waals surface area (Å²) in [6, 6.07) is 8.01. The highest BCUT2D eigenvalue weighted by Gasteiger charge is 2.18. The minimum atomic E-state index is 0.395. The van der Waals surface area contributed by atoms with Crippen LogP contribution < -0.4 is 0 Å². The van der Waals surface area contributed by atoms with Gasteiger partial charge in [0.25, 0.3) is 0 Å². The Morgan fingerprint density at radius 2 is 2.10 bits per heavy atom. The third-order valence-electron chi connectivity index (χ3n) is 4.26. The van der Waals surface area contributed by atoms with Crippen molar-refractivity contribution in [3.8, 4) is 6.07 Å². The van der Waals surface area contributed by atoms with Crippen LogP contribution in [0.2, 0.25) is 0 Å². The summed E-state index contributed by atoms with van der Waals surface area (Å²) in [6.07, 6.45) is 6.61. The summed E-state index contributed by atoms with van der Waals surface area (Å²) in [7, 11) is 0. The number of nitrogens with zero attached hydrogens (tertiary/aromatic N) is 3. The van der Waals surface area contributed by atoms with Gasteiger partial charge in [0.15, 0.2) is 0 Å². The smallest absolute Gasteiger partial charge is 0.124 e. The molecule has 0 amide bonds. The molecule has 2 aromatic rings. The quantitative estimate of drug-likeness (QED) is 0.793. The molecule has 0 aliphatic heterocycles. The van der Waals surface area contributed by atoms with Gasteiger partial charge in [0.05, 0.1) is 17.0 Å². The molecule has 0 N–H and O–H groups in total. The topological polar surface area (TPSA) is 41.6 Å². The zero-order valence-corrected chi connectivity index (χ0v) is 12.2. The number of hydrogen-bond donors (Lipinski definition) is 0. The molecule has 3 nitrogen and oxygen atoms in total. The number of fused-ring (bicyclic) bond motifs is 1. The van der Waals surface area contributed by atoms with Gasteiger partial charge in [0.2, 0.25) is 0 Å². The lowest BCUT2D eigenvalue weighted by Gasteiger charge is -2.23. The molecule has 1 saturated carbocycles. The molecule has 0 unspecified atom stereocenters. The molecule has 104 valence electrons. The lowest BCUT2D eigenvalue weighted by molar-refractivity contribution is 0.320. The molecule has 1 aliphatic carbocycles. The minimum Gasteiger partial charge on any atom is -0.327 e. The highest BCUT2D eigenvalue weighted by molar-refractivity contribution is 6.16. The van der Waals surface area contributed by atoms with E-state index < -0.39 is 0 Å². The molecule has 1 aliphatic rings. The van der Waals surface area contributed by atoms with Gasteiger partial charge in [-0.25, -0.2) is 4.98 Å². The molecule has 20 heavy (non-hydrogen) atoms. The Balaban J connectivity index is 2.02. The van der Waals surface area contributed by atoms with E-state index in [-0.39, 0.29) is 0 Å². The van der Waals surface area contributed by atoms with E-state index in [1.807, 2.05) is 18.2 Å². The van der Waals surface area contributed by atoms with Crippen LogP contribution in [0.4, 0.5) is 0 Å². The van der Waals surface area contributed by atoms with E-state index in [0.717, 1.165) is 23.4 Å². The van der Waals surface area contributed by atoms with Gasteiger partial charge in [-0.15, -0.1) is 11.6 Å². The Morgan fingerprint density at radius 1 is 1.30 bits per heavy atom. The van der Waals surface area contributed by atoms with Gasteiger partial charge >= 0.3 is 0 Å². The van der Waals surface area contributed by atoms with Gasteiger partial charge in [-0.05, 0) is 30.9 Å². The average molecular weight is 288 g/mol. The van der Waals surface area contributed by atoms with Gasteiger partial charge in [-0.3, -0.25) is 0 Å². The predicted molar refractivity (Wildman–Crippen MR) is 80.6 cm³/mol. The lowest BCUT2D eigenvalue weighted by Crippen LogP contribution is -2.15. The lowest BCUT2D eigenvalue weighted by atomic mass is 9.89. The van der Waals surface area contributed by atoms with Crippen LogP contribution in [-0.4, -0.2) is 9.55 Å². The summed E-state index contributed by atoms with van der Waals surface area (Å²) < 4.78 is 2.22. The molecule has 0 spiro atoms. The van der Waals surface area contributed by atoms with Crippen molar-refractivity contribution >= 4 is 22.6 Å². The van der Waals surface area contributed by atoms with Gasteiger partial charge in [0.1, 0.15) is 17.4 Å². The number of hydrogen-bond acceptors (Lipinski definition) is 2. The maximum atomic E-state index is 9.20. The van der Waals surface area contributed by atoms with Gasteiger partial charge in [0, 0.05) is 6.54 Å². The van der Waals surface area contributed by atoms with Crippen LogP contribution in [0, 0.1) is 17.2 Å². The second-order valence-corrected chi connectivity index (χ2v) is 5.83. The van der Waals surface area contributed by atoms with Crippen molar-refractivity contribution in [3.05, 3.63) is 29.6 Å². The highest BCUT2D eigenvalue weighted by Crippen LogP contribution is 2.28. The van der Waals surface area contributed by atoms with Crippen molar-refractivity contribution in [3.63, 3.8) is 0 Å². The number of alkyl halides is 1. The van der Waals surface area contributed by atoms with E-state index in [1.54, 1.807) is 0 Å². The zero-order valence-electron chi connectivity index (χ0n) is 11.5. The van der Waals surface area contributed by atoms with Crippen LogP contribution in [0.25, 0.3) is 11.0 Å². The van der Waals surface area contributed by atoms with E-state index in [1.165, 1.54) is 32.1 Å². The first kappa shape index (κ1) is 13.5. The second kappa shape index (κ2) is 5.85. The largest absolute Gasteiger partial charge is 0.327 e. The number of imidazole rings is 1. The zero-order chi connectivity index (χ0) is 13.9. The summed E-state index contributed by atoms with van der Waals surface area (Å²) in [6.45, 7) is 0.980. The summed E-state index contributed by atoms with van der Waals surface area (Å²) in [5, 5.41) is 9.20. The molecule has 0 radical (unpaired) electrons. The Bertz CT molecular complexity index is 648. The number of rotatable bonds is 3. The van der Waals surface area contributed by atoms with E-state index in [9.17, 15) is 5.26 Å². The van der Waals surface area contributed by atoms with Gasteiger partial charge in [-0.2, -0.15) is 5.26 Å². The summed E-state index contributed by atoms with van der Waals surface area (Å²) in [5.74, 6) is 2.00. The highest BCUT2D eigenvalue weighted by atomic mass is 35.5. The first-order valence-electron chi connectivity index (χ1n) is 7.27. The van der Waals surface area contributed by atoms with E-state index in [0.29, 0.717) is 17.4 Å². The van der Waals surface area contributed by atoms with Crippen LogP contribution in [-0.2, 0) is 12.4 Å². The van der Waals surface area contributed by atoms with E-state index in [2.05, 4.69) is 15.6 Å².